The zero-order valence-corrected chi connectivity index (χ0v) is 10.2. The van der Waals surface area contributed by atoms with Gasteiger partial charge in [0.25, 0.3) is 0 Å². The van der Waals surface area contributed by atoms with Crippen LogP contribution in [-0.4, -0.2) is 16.1 Å². The lowest BCUT2D eigenvalue weighted by molar-refractivity contribution is -0.116. The van der Waals surface area contributed by atoms with Crippen LogP contribution in [0.3, 0.4) is 0 Å². The van der Waals surface area contributed by atoms with E-state index in [1.807, 2.05) is 37.3 Å². The highest BCUT2D eigenvalue weighted by Crippen LogP contribution is 2.14. The lowest BCUT2D eigenvalue weighted by Gasteiger charge is -2.10. The first-order valence-corrected chi connectivity index (χ1v) is 5.77. The third kappa shape index (κ3) is 3.18. The average molecular weight is 244 g/mol. The number of amides is 1. The Hall–Kier alpha value is -2.14. The molecule has 0 saturated carbocycles. The summed E-state index contributed by atoms with van der Waals surface area (Å²) in [5, 5.41) is 9.40. The number of hydrogen-bond acceptors (Lipinski definition) is 3. The van der Waals surface area contributed by atoms with Gasteiger partial charge in [-0.2, -0.15) is 5.10 Å². The summed E-state index contributed by atoms with van der Waals surface area (Å²) in [6, 6.07) is 11.0. The van der Waals surface area contributed by atoms with Gasteiger partial charge in [0, 0.05) is 24.2 Å². The molecule has 0 saturated heterocycles. The Morgan fingerprint density at radius 2 is 2.17 bits per heavy atom. The van der Waals surface area contributed by atoms with Gasteiger partial charge in [-0.25, -0.2) is 0 Å². The van der Waals surface area contributed by atoms with Gasteiger partial charge >= 0.3 is 0 Å². The lowest BCUT2D eigenvalue weighted by Crippen LogP contribution is -2.20. The van der Waals surface area contributed by atoms with Gasteiger partial charge in [-0.15, -0.1) is 0 Å². The van der Waals surface area contributed by atoms with Crippen molar-refractivity contribution in [3.63, 3.8) is 0 Å². The molecule has 1 amide bonds. The zero-order valence-electron chi connectivity index (χ0n) is 10.2. The molecular formula is C13H16N4O. The molecule has 1 aromatic heterocycles. The molecule has 4 N–H and O–H groups in total. The van der Waals surface area contributed by atoms with Gasteiger partial charge in [-0.3, -0.25) is 9.89 Å². The number of hydrogen-bond donors (Lipinski definition) is 3. The summed E-state index contributed by atoms with van der Waals surface area (Å²) in [6.07, 6.45) is 0.232. The Labute approximate surface area is 105 Å². The molecule has 5 heteroatoms. The molecule has 1 aromatic carbocycles. The van der Waals surface area contributed by atoms with E-state index in [4.69, 9.17) is 5.73 Å². The largest absolute Gasteiger partial charge is 0.324 e. The Balaban J connectivity index is 1.92. The molecule has 0 aliphatic carbocycles. The number of benzene rings is 1. The van der Waals surface area contributed by atoms with E-state index in [0.717, 1.165) is 11.3 Å². The molecule has 0 fully saturated rings. The number of aromatic nitrogens is 2. The quantitative estimate of drug-likeness (QED) is 0.766. The third-order valence-electron chi connectivity index (χ3n) is 2.61. The maximum Gasteiger partial charge on any atom is 0.227 e. The summed E-state index contributed by atoms with van der Waals surface area (Å²) in [7, 11) is 0. The van der Waals surface area contributed by atoms with Gasteiger partial charge in [0.2, 0.25) is 5.91 Å². The van der Waals surface area contributed by atoms with Gasteiger partial charge in [0.1, 0.15) is 0 Å². The van der Waals surface area contributed by atoms with E-state index >= 15 is 0 Å². The second-order valence-electron chi connectivity index (χ2n) is 4.21. The minimum atomic E-state index is -0.300. The highest BCUT2D eigenvalue weighted by molar-refractivity contribution is 5.90. The van der Waals surface area contributed by atoms with Gasteiger partial charge in [0.15, 0.2) is 5.82 Å². The van der Waals surface area contributed by atoms with Crippen molar-refractivity contribution >= 4 is 11.7 Å². The van der Waals surface area contributed by atoms with Crippen molar-refractivity contribution in [2.24, 2.45) is 5.73 Å². The van der Waals surface area contributed by atoms with E-state index in [1.165, 1.54) is 0 Å². The van der Waals surface area contributed by atoms with Crippen LogP contribution in [0.2, 0.25) is 0 Å². The minimum Gasteiger partial charge on any atom is -0.324 e. The molecule has 1 heterocycles. The standard InChI is InChI=1S/C13H16N4O/c1-9-7-12(17-16-9)15-13(18)8-11(14)10-5-3-2-4-6-10/h2-7,11H,8,14H2,1H3,(H2,15,16,17,18). The predicted molar refractivity (Wildman–Crippen MR) is 69.9 cm³/mol. The summed E-state index contributed by atoms with van der Waals surface area (Å²) < 4.78 is 0. The fourth-order valence-corrected chi connectivity index (χ4v) is 1.69. The van der Waals surface area contributed by atoms with Crippen molar-refractivity contribution in [3.05, 3.63) is 47.7 Å². The summed E-state index contributed by atoms with van der Waals surface area (Å²) in [6.45, 7) is 1.87. The van der Waals surface area contributed by atoms with Crippen LogP contribution in [0.15, 0.2) is 36.4 Å². The van der Waals surface area contributed by atoms with E-state index in [9.17, 15) is 4.79 Å². The first kappa shape index (κ1) is 12.3. The third-order valence-corrected chi connectivity index (χ3v) is 2.61. The maximum atomic E-state index is 11.8. The number of H-pyrrole nitrogens is 1. The molecule has 0 aliphatic heterocycles. The number of carbonyl (C=O) groups is 1. The van der Waals surface area contributed by atoms with Crippen LogP contribution >= 0.6 is 0 Å². The lowest BCUT2D eigenvalue weighted by atomic mass is 10.0. The number of aryl methyl sites for hydroxylation is 1. The molecule has 5 nitrogen and oxygen atoms in total. The maximum absolute atomic E-state index is 11.8. The van der Waals surface area contributed by atoms with Crippen LogP contribution in [0.25, 0.3) is 0 Å². The molecule has 0 bridgehead atoms. The van der Waals surface area contributed by atoms with Crippen molar-refractivity contribution in [2.45, 2.75) is 19.4 Å². The van der Waals surface area contributed by atoms with Crippen LogP contribution in [-0.2, 0) is 4.79 Å². The Morgan fingerprint density at radius 3 is 2.78 bits per heavy atom. The number of carbonyl (C=O) groups excluding carboxylic acids is 1. The SMILES string of the molecule is Cc1cc(NC(=O)CC(N)c2ccccc2)n[nH]1. The molecule has 2 aromatic rings. The van der Waals surface area contributed by atoms with E-state index in [0.29, 0.717) is 5.82 Å². The second kappa shape index (κ2) is 5.46. The van der Waals surface area contributed by atoms with Crippen molar-refractivity contribution < 1.29 is 4.79 Å². The number of rotatable bonds is 4. The number of aromatic amines is 1. The Bertz CT molecular complexity index is 521. The van der Waals surface area contributed by atoms with Gasteiger partial charge < -0.3 is 11.1 Å². The van der Waals surface area contributed by atoms with Crippen LogP contribution in [0, 0.1) is 6.92 Å². The summed E-state index contributed by atoms with van der Waals surface area (Å²) in [5.74, 6) is 0.385. The monoisotopic (exact) mass is 244 g/mol. The summed E-state index contributed by atoms with van der Waals surface area (Å²) >= 11 is 0. The van der Waals surface area contributed by atoms with Crippen molar-refractivity contribution in [2.75, 3.05) is 5.32 Å². The highest BCUT2D eigenvalue weighted by atomic mass is 16.1. The molecule has 0 spiro atoms. The molecular weight excluding hydrogens is 228 g/mol. The highest BCUT2D eigenvalue weighted by Gasteiger charge is 2.12. The van der Waals surface area contributed by atoms with Gasteiger partial charge in [0.05, 0.1) is 0 Å². The molecule has 94 valence electrons. The fraction of sp³-hybridized carbons (Fsp3) is 0.231. The Kier molecular flexibility index (Phi) is 3.74. The average Bonchev–Trinajstić information content (AvgIpc) is 2.75. The number of nitrogens with two attached hydrogens (primary N) is 1. The molecule has 1 atom stereocenters. The minimum absolute atomic E-state index is 0.141. The van der Waals surface area contributed by atoms with E-state index in [2.05, 4.69) is 15.5 Å². The Morgan fingerprint density at radius 1 is 1.44 bits per heavy atom. The van der Waals surface area contributed by atoms with Crippen molar-refractivity contribution in [3.8, 4) is 0 Å². The first-order chi connectivity index (χ1) is 8.65. The molecule has 18 heavy (non-hydrogen) atoms. The van der Waals surface area contributed by atoms with Crippen molar-refractivity contribution in [1.29, 1.82) is 0 Å². The predicted octanol–water partition coefficient (Wildman–Crippen LogP) is 1.75. The first-order valence-electron chi connectivity index (χ1n) is 5.77. The molecule has 1 unspecified atom stereocenters. The summed E-state index contributed by atoms with van der Waals surface area (Å²) in [4.78, 5) is 11.8. The van der Waals surface area contributed by atoms with Crippen LogP contribution in [0.5, 0.6) is 0 Å². The number of nitrogens with zero attached hydrogens (tertiary/aromatic N) is 1. The van der Waals surface area contributed by atoms with E-state index < -0.39 is 0 Å². The zero-order chi connectivity index (χ0) is 13.0. The second-order valence-corrected chi connectivity index (χ2v) is 4.21. The van der Waals surface area contributed by atoms with E-state index in [1.54, 1.807) is 6.07 Å². The normalized spacial score (nSPS) is 12.1. The molecule has 0 radical (unpaired) electrons. The number of nitrogens with one attached hydrogen (secondary N) is 2. The topological polar surface area (TPSA) is 83.8 Å². The fourth-order valence-electron chi connectivity index (χ4n) is 1.69. The van der Waals surface area contributed by atoms with Gasteiger partial charge in [-0.1, -0.05) is 30.3 Å². The number of anilines is 1. The smallest absolute Gasteiger partial charge is 0.227 e. The van der Waals surface area contributed by atoms with Gasteiger partial charge in [-0.05, 0) is 12.5 Å². The van der Waals surface area contributed by atoms with Crippen LogP contribution in [0.4, 0.5) is 5.82 Å². The van der Waals surface area contributed by atoms with Crippen molar-refractivity contribution in [1.82, 2.24) is 10.2 Å². The summed E-state index contributed by atoms with van der Waals surface area (Å²) in [5.41, 5.74) is 7.82. The van der Waals surface area contributed by atoms with Crippen LogP contribution < -0.4 is 11.1 Å². The van der Waals surface area contributed by atoms with E-state index in [-0.39, 0.29) is 18.4 Å². The molecule has 0 aliphatic rings. The molecule has 2 rings (SSSR count). The van der Waals surface area contributed by atoms with Crippen LogP contribution in [0.1, 0.15) is 23.7 Å².